The van der Waals surface area contributed by atoms with Crippen LogP contribution in [0.4, 0.5) is 0 Å². The molecule has 0 atom stereocenters. The van der Waals surface area contributed by atoms with Crippen LogP contribution in [0, 0.1) is 0 Å². The van der Waals surface area contributed by atoms with Crippen LogP contribution in [0.5, 0.6) is 0 Å². The molecule has 5 rings (SSSR count). The minimum absolute atomic E-state index is 0.638. The Balaban J connectivity index is 1.73. The number of unbranched alkanes of at least 4 members (excludes halogenated alkanes) is 1. The molecule has 0 unspecified atom stereocenters. The first-order valence-corrected chi connectivity index (χ1v) is 16.5. The Morgan fingerprint density at radius 1 is 0.472 bits per heavy atom. The number of rotatable bonds is 9. The second kappa shape index (κ2) is 11.8. The van der Waals surface area contributed by atoms with Crippen molar-refractivity contribution in [2.24, 2.45) is 0 Å². The Hall–Kier alpha value is -3.04. The summed E-state index contributed by atoms with van der Waals surface area (Å²) in [5.74, 6) is 0. The standard InChI is InChI=1S/C34H34P2/c1-2-3-27-36(32-22-12-6-13-23-32,33-24-14-7-15-25-33)34-26-16-21-31(28-34)35(29-17-8-4-9-18-29)30-19-10-5-11-20-30/h4-26,28,36H,2-3,27H2,1H3. The van der Waals surface area contributed by atoms with E-state index in [4.69, 9.17) is 0 Å². The van der Waals surface area contributed by atoms with E-state index in [1.54, 1.807) is 0 Å². The third-order valence-corrected chi connectivity index (χ3v) is 14.5. The van der Waals surface area contributed by atoms with E-state index < -0.39 is 15.2 Å². The van der Waals surface area contributed by atoms with Gasteiger partial charge in [-0.25, -0.2) is 0 Å². The van der Waals surface area contributed by atoms with Crippen molar-refractivity contribution in [1.29, 1.82) is 0 Å². The van der Waals surface area contributed by atoms with Gasteiger partial charge in [0.05, 0.1) is 0 Å². The zero-order chi connectivity index (χ0) is 24.6. The summed E-state index contributed by atoms with van der Waals surface area (Å²) in [7, 11) is -2.85. The van der Waals surface area contributed by atoms with Crippen molar-refractivity contribution in [3.8, 4) is 0 Å². The van der Waals surface area contributed by atoms with Gasteiger partial charge in [0.1, 0.15) is 0 Å². The topological polar surface area (TPSA) is 0 Å². The van der Waals surface area contributed by atoms with Crippen LogP contribution >= 0.6 is 15.2 Å². The molecule has 0 spiro atoms. The van der Waals surface area contributed by atoms with Gasteiger partial charge in [-0.05, 0) is 0 Å². The molecule has 0 amide bonds. The molecule has 0 nitrogen and oxygen atoms in total. The van der Waals surface area contributed by atoms with Crippen molar-refractivity contribution in [2.75, 3.05) is 6.16 Å². The van der Waals surface area contributed by atoms with Crippen molar-refractivity contribution in [3.63, 3.8) is 0 Å². The average molecular weight is 505 g/mol. The summed E-state index contributed by atoms with van der Waals surface area (Å²) < 4.78 is 0. The predicted octanol–water partition coefficient (Wildman–Crippen LogP) is 6.27. The maximum absolute atomic E-state index is 2.56. The van der Waals surface area contributed by atoms with E-state index in [-0.39, 0.29) is 0 Å². The summed E-state index contributed by atoms with van der Waals surface area (Å²) in [4.78, 5) is 0. The van der Waals surface area contributed by atoms with Gasteiger partial charge in [0.2, 0.25) is 0 Å². The van der Waals surface area contributed by atoms with Gasteiger partial charge in [0.25, 0.3) is 0 Å². The molecule has 0 saturated carbocycles. The van der Waals surface area contributed by atoms with Gasteiger partial charge < -0.3 is 0 Å². The van der Waals surface area contributed by atoms with Gasteiger partial charge in [0, 0.05) is 0 Å². The fourth-order valence-electron chi connectivity index (χ4n) is 5.33. The molecule has 5 aromatic rings. The van der Waals surface area contributed by atoms with Gasteiger partial charge in [0.15, 0.2) is 0 Å². The normalized spacial score (nSPS) is 11.9. The van der Waals surface area contributed by atoms with Crippen LogP contribution in [-0.4, -0.2) is 6.16 Å². The van der Waals surface area contributed by atoms with E-state index in [9.17, 15) is 0 Å². The summed E-state index contributed by atoms with van der Waals surface area (Å²) in [5.41, 5.74) is 0. The van der Waals surface area contributed by atoms with E-state index in [0.717, 1.165) is 0 Å². The summed E-state index contributed by atoms with van der Waals surface area (Å²) in [6, 6.07) is 54.4. The number of benzene rings is 5. The fourth-order valence-corrected chi connectivity index (χ4v) is 12.8. The van der Waals surface area contributed by atoms with E-state index in [0.29, 0.717) is 0 Å². The first-order valence-electron chi connectivity index (χ1n) is 12.9. The van der Waals surface area contributed by atoms with Crippen molar-refractivity contribution in [1.82, 2.24) is 0 Å². The van der Waals surface area contributed by atoms with Gasteiger partial charge in [-0.3, -0.25) is 0 Å². The Morgan fingerprint density at radius 2 is 0.889 bits per heavy atom. The molecule has 5 aromatic carbocycles. The maximum atomic E-state index is 2.56. The fraction of sp³-hybridized carbons (Fsp3) is 0.118. The molecule has 180 valence electrons. The summed E-state index contributed by atoms with van der Waals surface area (Å²) in [5, 5.41) is 8.76. The van der Waals surface area contributed by atoms with Gasteiger partial charge in [-0.15, -0.1) is 0 Å². The predicted molar refractivity (Wildman–Crippen MR) is 165 cm³/mol. The molecule has 0 aliphatic rings. The average Bonchev–Trinajstić information content (AvgIpc) is 2.96. The Kier molecular flexibility index (Phi) is 8.08. The third kappa shape index (κ3) is 5.08. The Labute approximate surface area is 218 Å². The molecule has 0 fully saturated rings. The van der Waals surface area contributed by atoms with Crippen molar-refractivity contribution >= 4 is 47.0 Å². The monoisotopic (exact) mass is 504 g/mol. The van der Waals surface area contributed by atoms with Crippen LogP contribution in [0.25, 0.3) is 0 Å². The molecule has 0 bridgehead atoms. The van der Waals surface area contributed by atoms with Crippen LogP contribution in [0.15, 0.2) is 146 Å². The van der Waals surface area contributed by atoms with E-state index >= 15 is 0 Å². The van der Waals surface area contributed by atoms with E-state index in [1.807, 2.05) is 0 Å². The van der Waals surface area contributed by atoms with E-state index in [1.165, 1.54) is 50.8 Å². The molecule has 0 aliphatic carbocycles. The summed E-state index contributed by atoms with van der Waals surface area (Å²) in [6.45, 7) is 2.32. The zero-order valence-electron chi connectivity index (χ0n) is 20.9. The molecule has 0 aliphatic heterocycles. The minimum atomic E-state index is -2.21. The molecule has 2 heteroatoms. The molecular weight excluding hydrogens is 470 g/mol. The zero-order valence-corrected chi connectivity index (χ0v) is 22.8. The van der Waals surface area contributed by atoms with Crippen molar-refractivity contribution in [2.45, 2.75) is 19.8 Å². The van der Waals surface area contributed by atoms with Gasteiger partial charge in [-0.1, -0.05) is 0 Å². The van der Waals surface area contributed by atoms with Gasteiger partial charge in [-0.2, -0.15) is 0 Å². The molecule has 0 aromatic heterocycles. The second-order valence-corrected chi connectivity index (χ2v) is 15.6. The van der Waals surface area contributed by atoms with Crippen LogP contribution in [0.3, 0.4) is 0 Å². The number of hydrogen-bond acceptors (Lipinski definition) is 0. The molecule has 0 heterocycles. The summed E-state index contributed by atoms with van der Waals surface area (Å²) in [6.07, 6.45) is 3.65. The molecule has 0 saturated heterocycles. The molecule has 0 radical (unpaired) electrons. The molecule has 0 N–H and O–H groups in total. The first-order chi connectivity index (χ1) is 17.8. The molecule has 36 heavy (non-hydrogen) atoms. The first kappa shape index (κ1) is 24.6. The van der Waals surface area contributed by atoms with Crippen molar-refractivity contribution in [3.05, 3.63) is 146 Å². The van der Waals surface area contributed by atoms with Crippen molar-refractivity contribution < 1.29 is 0 Å². The second-order valence-electron chi connectivity index (χ2n) is 9.30. The molecular formula is C34H34P2. The van der Waals surface area contributed by atoms with E-state index in [2.05, 4.69) is 153 Å². The van der Waals surface area contributed by atoms with Gasteiger partial charge >= 0.3 is 219 Å². The third-order valence-electron chi connectivity index (χ3n) is 7.06. The Bertz CT molecular complexity index is 1270. The van der Waals surface area contributed by atoms with Crippen LogP contribution in [-0.2, 0) is 0 Å². The summed E-state index contributed by atoms with van der Waals surface area (Å²) >= 11 is 0. The Morgan fingerprint density at radius 3 is 1.36 bits per heavy atom. The SMILES string of the molecule is CCCC[PH](c1ccccc1)(c1ccccc1)c1cccc(P(c2ccccc2)c2ccccc2)c1. The van der Waals surface area contributed by atoms with Crippen LogP contribution in [0.2, 0.25) is 0 Å². The quantitative estimate of drug-likeness (QED) is 0.208. The van der Waals surface area contributed by atoms with Crippen LogP contribution in [0.1, 0.15) is 19.8 Å². The van der Waals surface area contributed by atoms with Crippen LogP contribution < -0.4 is 31.8 Å². The number of hydrogen-bond donors (Lipinski definition) is 0.